The van der Waals surface area contributed by atoms with Gasteiger partial charge in [-0.15, -0.1) is 0 Å². The first-order chi connectivity index (χ1) is 5.79. The number of aromatic nitrogens is 3. The van der Waals surface area contributed by atoms with Crippen molar-refractivity contribution in [3.63, 3.8) is 0 Å². The fourth-order valence-electron chi connectivity index (χ4n) is 0.986. The maximum Gasteiger partial charge on any atom is 0.349 e. The molecule has 1 aromatic rings. The van der Waals surface area contributed by atoms with Crippen LogP contribution in [0.3, 0.4) is 0 Å². The summed E-state index contributed by atoms with van der Waals surface area (Å²) < 4.78 is 2.93. The molecule has 0 unspecified atom stereocenters. The van der Waals surface area contributed by atoms with Gasteiger partial charge in [0.2, 0.25) is 0 Å². The van der Waals surface area contributed by atoms with E-state index in [2.05, 4.69) is 5.10 Å². The predicted molar refractivity (Wildman–Crippen MR) is 47.8 cm³/mol. The lowest BCUT2D eigenvalue weighted by molar-refractivity contribution is 0.650. The van der Waals surface area contributed by atoms with Crippen LogP contribution in [0, 0.1) is 0 Å². The van der Waals surface area contributed by atoms with Crippen LogP contribution < -0.4 is 5.69 Å². The molecule has 0 fully saturated rings. The normalized spacial score (nSPS) is 11.2. The minimum atomic E-state index is -0.0741. The lowest BCUT2D eigenvalue weighted by Gasteiger charge is -1.92. The Balaban J connectivity index is 2.97. The van der Waals surface area contributed by atoms with E-state index in [1.54, 1.807) is 23.2 Å². The highest BCUT2D eigenvalue weighted by Gasteiger charge is 1.99. The molecule has 0 saturated heterocycles. The van der Waals surface area contributed by atoms with Crippen molar-refractivity contribution in [2.75, 3.05) is 0 Å². The summed E-state index contributed by atoms with van der Waals surface area (Å²) in [6.45, 7) is 4.61. The molecule has 0 saturated carbocycles. The number of aryl methyl sites for hydroxylation is 1. The van der Waals surface area contributed by atoms with Crippen LogP contribution in [0.15, 0.2) is 17.2 Å². The van der Waals surface area contributed by atoms with Crippen molar-refractivity contribution < 1.29 is 0 Å². The summed E-state index contributed by atoms with van der Waals surface area (Å²) in [6, 6.07) is 0. The van der Waals surface area contributed by atoms with Crippen LogP contribution in [-0.4, -0.2) is 14.3 Å². The van der Waals surface area contributed by atoms with Gasteiger partial charge in [-0.05, 0) is 13.3 Å². The SMILES string of the molecule is C/C=C/n1ncn(CCC)c1=O. The second kappa shape index (κ2) is 3.90. The average molecular weight is 167 g/mol. The fourth-order valence-corrected chi connectivity index (χ4v) is 0.986. The first-order valence-corrected chi connectivity index (χ1v) is 4.06. The fraction of sp³-hybridized carbons (Fsp3) is 0.500. The topological polar surface area (TPSA) is 39.8 Å². The lowest BCUT2D eigenvalue weighted by Crippen LogP contribution is -2.21. The van der Waals surface area contributed by atoms with Crippen LogP contribution in [0.4, 0.5) is 0 Å². The standard InChI is InChI=1S/C8H13N3O/c1-3-5-10-7-9-11(6-4-2)8(10)12/h4,6-7H,3,5H2,1-2H3/b6-4+. The number of hydrogen-bond donors (Lipinski definition) is 0. The molecule has 1 aromatic heterocycles. The van der Waals surface area contributed by atoms with Crippen molar-refractivity contribution in [1.82, 2.24) is 14.3 Å². The monoisotopic (exact) mass is 167 g/mol. The molecule has 0 aliphatic heterocycles. The molecule has 12 heavy (non-hydrogen) atoms. The van der Waals surface area contributed by atoms with Crippen LogP contribution >= 0.6 is 0 Å². The first-order valence-electron chi connectivity index (χ1n) is 4.06. The maximum absolute atomic E-state index is 11.4. The van der Waals surface area contributed by atoms with Gasteiger partial charge in [-0.25, -0.2) is 4.79 Å². The predicted octanol–water partition coefficient (Wildman–Crippen LogP) is 0.945. The minimum Gasteiger partial charge on any atom is -0.281 e. The largest absolute Gasteiger partial charge is 0.349 e. The third-order valence-corrected chi connectivity index (χ3v) is 1.51. The summed E-state index contributed by atoms with van der Waals surface area (Å²) in [7, 11) is 0. The Bertz CT molecular complexity index is 321. The Hall–Kier alpha value is -1.32. The van der Waals surface area contributed by atoms with Crippen molar-refractivity contribution in [1.29, 1.82) is 0 Å². The van der Waals surface area contributed by atoms with Gasteiger partial charge >= 0.3 is 5.69 Å². The molecule has 0 aliphatic rings. The third kappa shape index (κ3) is 1.64. The molecule has 0 aromatic carbocycles. The van der Waals surface area contributed by atoms with E-state index in [9.17, 15) is 4.79 Å². The van der Waals surface area contributed by atoms with Gasteiger partial charge in [0.1, 0.15) is 6.33 Å². The minimum absolute atomic E-state index is 0.0741. The van der Waals surface area contributed by atoms with Gasteiger partial charge in [0.05, 0.1) is 0 Å². The van der Waals surface area contributed by atoms with Crippen LogP contribution in [0.2, 0.25) is 0 Å². The molecule has 4 heteroatoms. The smallest absolute Gasteiger partial charge is 0.281 e. The molecule has 0 bridgehead atoms. The molecule has 66 valence electrons. The molecule has 0 N–H and O–H groups in total. The van der Waals surface area contributed by atoms with Gasteiger partial charge in [0.15, 0.2) is 0 Å². The van der Waals surface area contributed by atoms with E-state index in [-0.39, 0.29) is 5.69 Å². The van der Waals surface area contributed by atoms with Gasteiger partial charge in [-0.2, -0.15) is 9.78 Å². The number of rotatable bonds is 3. The van der Waals surface area contributed by atoms with E-state index in [1.807, 2.05) is 13.8 Å². The van der Waals surface area contributed by atoms with E-state index < -0.39 is 0 Å². The number of nitrogens with zero attached hydrogens (tertiary/aromatic N) is 3. The highest BCUT2D eigenvalue weighted by molar-refractivity contribution is 5.16. The summed E-state index contributed by atoms with van der Waals surface area (Å²) in [5, 5.41) is 3.90. The molecule has 0 radical (unpaired) electrons. The Morgan fingerprint density at radius 2 is 2.42 bits per heavy atom. The van der Waals surface area contributed by atoms with Crippen LogP contribution in [0.1, 0.15) is 20.3 Å². The summed E-state index contributed by atoms with van der Waals surface area (Å²) in [4.78, 5) is 11.4. The van der Waals surface area contributed by atoms with Crippen LogP contribution in [0.5, 0.6) is 0 Å². The molecule has 4 nitrogen and oxygen atoms in total. The molecule has 0 amide bonds. The zero-order valence-electron chi connectivity index (χ0n) is 7.40. The van der Waals surface area contributed by atoms with E-state index >= 15 is 0 Å². The highest BCUT2D eigenvalue weighted by atomic mass is 16.2. The van der Waals surface area contributed by atoms with Crippen molar-refractivity contribution in [3.8, 4) is 0 Å². The Labute approximate surface area is 71.1 Å². The van der Waals surface area contributed by atoms with Gasteiger partial charge in [-0.3, -0.25) is 4.57 Å². The molecule has 1 heterocycles. The molecule has 0 aliphatic carbocycles. The first kappa shape index (κ1) is 8.77. The summed E-state index contributed by atoms with van der Waals surface area (Å²) >= 11 is 0. The summed E-state index contributed by atoms with van der Waals surface area (Å²) in [5.74, 6) is 0. The lowest BCUT2D eigenvalue weighted by atomic mass is 10.5. The van der Waals surface area contributed by atoms with E-state index in [4.69, 9.17) is 0 Å². The van der Waals surface area contributed by atoms with Crippen molar-refractivity contribution in [2.24, 2.45) is 0 Å². The summed E-state index contributed by atoms with van der Waals surface area (Å²) in [5.41, 5.74) is -0.0741. The molecular weight excluding hydrogens is 154 g/mol. The summed E-state index contributed by atoms with van der Waals surface area (Å²) in [6.07, 6.45) is 5.94. The molecule has 0 atom stereocenters. The molecule has 0 spiro atoms. The van der Waals surface area contributed by atoms with Gasteiger partial charge in [0, 0.05) is 12.7 Å². The molecule has 1 rings (SSSR count). The van der Waals surface area contributed by atoms with Crippen LogP contribution in [0.25, 0.3) is 6.20 Å². The number of hydrogen-bond acceptors (Lipinski definition) is 2. The van der Waals surface area contributed by atoms with Crippen molar-refractivity contribution in [3.05, 3.63) is 22.9 Å². The Morgan fingerprint density at radius 1 is 1.67 bits per heavy atom. The van der Waals surface area contributed by atoms with E-state index in [1.165, 1.54) is 4.68 Å². The Kier molecular flexibility index (Phi) is 2.85. The second-order valence-electron chi connectivity index (χ2n) is 2.53. The number of allylic oxidation sites excluding steroid dienone is 1. The maximum atomic E-state index is 11.4. The molecular formula is C8H13N3O. The van der Waals surface area contributed by atoms with E-state index in [0.717, 1.165) is 13.0 Å². The average Bonchev–Trinajstić information content (AvgIpc) is 2.38. The zero-order valence-corrected chi connectivity index (χ0v) is 7.40. The van der Waals surface area contributed by atoms with E-state index in [0.29, 0.717) is 0 Å². The van der Waals surface area contributed by atoms with Gasteiger partial charge < -0.3 is 0 Å². The van der Waals surface area contributed by atoms with Crippen molar-refractivity contribution >= 4 is 6.20 Å². The van der Waals surface area contributed by atoms with Crippen LogP contribution in [-0.2, 0) is 6.54 Å². The Morgan fingerprint density at radius 3 is 3.00 bits per heavy atom. The highest BCUT2D eigenvalue weighted by Crippen LogP contribution is 1.84. The quantitative estimate of drug-likeness (QED) is 0.672. The van der Waals surface area contributed by atoms with Gasteiger partial charge in [-0.1, -0.05) is 13.0 Å². The van der Waals surface area contributed by atoms with Crippen molar-refractivity contribution in [2.45, 2.75) is 26.8 Å². The zero-order chi connectivity index (χ0) is 8.97. The van der Waals surface area contributed by atoms with Gasteiger partial charge in [0.25, 0.3) is 0 Å². The second-order valence-corrected chi connectivity index (χ2v) is 2.53. The third-order valence-electron chi connectivity index (χ3n) is 1.51.